The van der Waals surface area contributed by atoms with Crippen LogP contribution in [0.1, 0.15) is 17.7 Å². The van der Waals surface area contributed by atoms with Crippen molar-refractivity contribution in [1.82, 2.24) is 4.90 Å². The Kier molecular flexibility index (Phi) is 5.60. The van der Waals surface area contributed by atoms with Crippen molar-refractivity contribution in [3.05, 3.63) is 45.6 Å². The highest BCUT2D eigenvalue weighted by Gasteiger charge is 2.34. The third-order valence-corrected chi connectivity index (χ3v) is 5.40. The summed E-state index contributed by atoms with van der Waals surface area (Å²) in [5.74, 6) is 0.404. The highest BCUT2D eigenvalue weighted by molar-refractivity contribution is 7.10. The van der Waals surface area contributed by atoms with Gasteiger partial charge in [0.05, 0.1) is 24.2 Å². The first-order valence-corrected chi connectivity index (χ1v) is 9.30. The Morgan fingerprint density at radius 1 is 1.40 bits per heavy atom. The fraction of sp³-hybridized carbons (Fsp3) is 0.333. The number of likely N-dealkylation sites (tertiary alicyclic amines) is 1. The number of nitrogens with one attached hydrogen (secondary N) is 1. The van der Waals surface area contributed by atoms with Crippen molar-refractivity contribution in [2.45, 2.75) is 25.3 Å². The number of hydrogen-bond acceptors (Lipinski definition) is 4. The van der Waals surface area contributed by atoms with E-state index in [0.29, 0.717) is 35.8 Å². The van der Waals surface area contributed by atoms with Crippen LogP contribution in [-0.4, -0.2) is 36.4 Å². The summed E-state index contributed by atoms with van der Waals surface area (Å²) in [7, 11) is 1.56. The van der Waals surface area contributed by atoms with Gasteiger partial charge in [-0.05, 0) is 36.4 Å². The van der Waals surface area contributed by atoms with E-state index in [-0.39, 0.29) is 11.8 Å². The number of nitrogens with zero attached hydrogens (tertiary/aromatic N) is 1. The molecule has 0 aliphatic carbocycles. The number of hydrogen-bond donors (Lipinski definition) is 1. The molecule has 5 nitrogen and oxygen atoms in total. The van der Waals surface area contributed by atoms with Crippen LogP contribution in [0.3, 0.4) is 0 Å². The van der Waals surface area contributed by atoms with E-state index in [2.05, 4.69) is 5.32 Å². The molecule has 0 spiro atoms. The number of benzene rings is 1. The van der Waals surface area contributed by atoms with Crippen molar-refractivity contribution in [2.75, 3.05) is 19.0 Å². The minimum Gasteiger partial charge on any atom is -0.497 e. The maximum absolute atomic E-state index is 12.6. The molecule has 1 aromatic carbocycles. The van der Waals surface area contributed by atoms with Crippen LogP contribution >= 0.6 is 22.9 Å². The first kappa shape index (κ1) is 17.8. The first-order valence-electron chi connectivity index (χ1n) is 8.04. The number of rotatable bonds is 5. The van der Waals surface area contributed by atoms with Crippen molar-refractivity contribution in [2.24, 2.45) is 0 Å². The van der Waals surface area contributed by atoms with E-state index in [1.807, 2.05) is 17.5 Å². The van der Waals surface area contributed by atoms with Crippen molar-refractivity contribution >= 4 is 40.4 Å². The summed E-state index contributed by atoms with van der Waals surface area (Å²) in [6.07, 6.45) is 1.82. The average Bonchev–Trinajstić information content (AvgIpc) is 3.27. The van der Waals surface area contributed by atoms with Gasteiger partial charge in [-0.2, -0.15) is 0 Å². The number of methoxy groups -OCH3 is 1. The number of ether oxygens (including phenoxy) is 1. The second-order valence-corrected chi connectivity index (χ2v) is 7.28. The molecule has 2 amide bonds. The lowest BCUT2D eigenvalue weighted by Crippen LogP contribution is -2.43. The molecule has 1 unspecified atom stereocenters. The molecule has 1 aromatic heterocycles. The van der Waals surface area contributed by atoms with E-state index < -0.39 is 6.04 Å². The van der Waals surface area contributed by atoms with Gasteiger partial charge in [-0.1, -0.05) is 17.7 Å². The molecular weight excluding hydrogens is 360 g/mol. The van der Waals surface area contributed by atoms with E-state index in [1.165, 1.54) is 0 Å². The quantitative estimate of drug-likeness (QED) is 0.865. The number of anilines is 1. The predicted molar refractivity (Wildman–Crippen MR) is 99.4 cm³/mol. The lowest BCUT2D eigenvalue weighted by atomic mass is 10.2. The molecule has 7 heteroatoms. The van der Waals surface area contributed by atoms with Crippen molar-refractivity contribution in [3.8, 4) is 5.75 Å². The summed E-state index contributed by atoms with van der Waals surface area (Å²) in [4.78, 5) is 27.9. The van der Waals surface area contributed by atoms with E-state index in [0.717, 1.165) is 11.3 Å². The molecule has 1 N–H and O–H groups in total. The molecule has 0 bridgehead atoms. The Morgan fingerprint density at radius 2 is 2.24 bits per heavy atom. The minimum atomic E-state index is -0.453. The number of thiophene rings is 1. The Labute approximate surface area is 155 Å². The lowest BCUT2D eigenvalue weighted by Gasteiger charge is -2.24. The van der Waals surface area contributed by atoms with E-state index in [4.69, 9.17) is 16.3 Å². The molecule has 25 heavy (non-hydrogen) atoms. The summed E-state index contributed by atoms with van der Waals surface area (Å²) in [6, 6.07) is 8.48. The predicted octanol–water partition coefficient (Wildman–Crippen LogP) is 3.58. The van der Waals surface area contributed by atoms with Crippen LogP contribution in [0.15, 0.2) is 35.7 Å². The molecule has 132 valence electrons. The van der Waals surface area contributed by atoms with Crippen LogP contribution in [-0.2, 0) is 16.0 Å². The van der Waals surface area contributed by atoms with E-state index >= 15 is 0 Å². The van der Waals surface area contributed by atoms with Gasteiger partial charge in [0.1, 0.15) is 11.8 Å². The Morgan fingerprint density at radius 3 is 2.92 bits per heavy atom. The Bertz CT molecular complexity index is 764. The van der Waals surface area contributed by atoms with Crippen LogP contribution in [0, 0.1) is 0 Å². The monoisotopic (exact) mass is 378 g/mol. The van der Waals surface area contributed by atoms with Gasteiger partial charge < -0.3 is 15.0 Å². The molecule has 1 atom stereocenters. The van der Waals surface area contributed by atoms with Crippen LogP contribution in [0.5, 0.6) is 5.75 Å². The second kappa shape index (κ2) is 7.89. The second-order valence-electron chi connectivity index (χ2n) is 5.84. The smallest absolute Gasteiger partial charge is 0.247 e. The highest BCUT2D eigenvalue weighted by Crippen LogP contribution is 2.28. The van der Waals surface area contributed by atoms with Gasteiger partial charge >= 0.3 is 0 Å². The maximum Gasteiger partial charge on any atom is 0.247 e. The van der Waals surface area contributed by atoms with Crippen LogP contribution in [0.4, 0.5) is 5.69 Å². The van der Waals surface area contributed by atoms with Crippen LogP contribution in [0.2, 0.25) is 5.02 Å². The van der Waals surface area contributed by atoms with Gasteiger partial charge in [-0.3, -0.25) is 9.59 Å². The largest absolute Gasteiger partial charge is 0.497 e. The number of carbonyl (C=O) groups excluding carboxylic acids is 2. The number of halogens is 1. The van der Waals surface area contributed by atoms with Gasteiger partial charge in [0.15, 0.2) is 0 Å². The summed E-state index contributed by atoms with van der Waals surface area (Å²) in [5, 5.41) is 5.18. The summed E-state index contributed by atoms with van der Waals surface area (Å²) >= 11 is 7.73. The SMILES string of the molecule is COc1ccc(NC(=O)C2CCCN2C(=O)Cc2cccs2)c(Cl)c1. The molecule has 2 aromatic rings. The number of carbonyl (C=O) groups is 2. The molecule has 1 saturated heterocycles. The van der Waals surface area contributed by atoms with Crippen molar-refractivity contribution < 1.29 is 14.3 Å². The summed E-state index contributed by atoms with van der Waals surface area (Å²) < 4.78 is 5.10. The zero-order valence-corrected chi connectivity index (χ0v) is 15.4. The van der Waals surface area contributed by atoms with Gasteiger partial charge in [0.25, 0.3) is 0 Å². The average molecular weight is 379 g/mol. The normalized spacial score (nSPS) is 16.7. The summed E-state index contributed by atoms with van der Waals surface area (Å²) in [6.45, 7) is 0.610. The molecular formula is C18H19ClN2O3S. The molecule has 0 saturated carbocycles. The fourth-order valence-electron chi connectivity index (χ4n) is 2.94. The third-order valence-electron chi connectivity index (χ3n) is 4.22. The number of amides is 2. The molecule has 2 heterocycles. The molecule has 3 rings (SSSR count). The molecule has 1 fully saturated rings. The van der Waals surface area contributed by atoms with E-state index in [1.54, 1.807) is 41.5 Å². The summed E-state index contributed by atoms with van der Waals surface area (Å²) in [5.41, 5.74) is 0.519. The van der Waals surface area contributed by atoms with Gasteiger partial charge in [-0.25, -0.2) is 0 Å². The molecule has 1 aliphatic rings. The van der Waals surface area contributed by atoms with Crippen LogP contribution in [0.25, 0.3) is 0 Å². The van der Waals surface area contributed by atoms with Gasteiger partial charge in [0.2, 0.25) is 11.8 Å². The Balaban J connectivity index is 1.67. The van der Waals surface area contributed by atoms with Gasteiger partial charge in [0, 0.05) is 17.5 Å². The molecule has 1 aliphatic heterocycles. The zero-order valence-electron chi connectivity index (χ0n) is 13.8. The topological polar surface area (TPSA) is 58.6 Å². The first-order chi connectivity index (χ1) is 12.1. The van der Waals surface area contributed by atoms with E-state index in [9.17, 15) is 9.59 Å². The highest BCUT2D eigenvalue weighted by atomic mass is 35.5. The molecule has 0 radical (unpaired) electrons. The minimum absolute atomic E-state index is 0.0130. The van der Waals surface area contributed by atoms with Crippen LogP contribution < -0.4 is 10.1 Å². The fourth-order valence-corrected chi connectivity index (χ4v) is 3.86. The lowest BCUT2D eigenvalue weighted by molar-refractivity contribution is -0.136. The van der Waals surface area contributed by atoms with Gasteiger partial charge in [-0.15, -0.1) is 11.3 Å². The third kappa shape index (κ3) is 4.14. The van der Waals surface area contributed by atoms with Crippen molar-refractivity contribution in [3.63, 3.8) is 0 Å². The maximum atomic E-state index is 12.6. The Hall–Kier alpha value is -2.05. The zero-order chi connectivity index (χ0) is 17.8. The van der Waals surface area contributed by atoms with Crippen molar-refractivity contribution in [1.29, 1.82) is 0 Å². The standard InChI is InChI=1S/C18H19ClN2O3S/c1-24-12-6-7-15(14(19)10-12)20-18(23)16-5-2-8-21(16)17(22)11-13-4-3-9-25-13/h3-4,6-7,9-10,16H,2,5,8,11H2,1H3,(H,20,23).